The average Bonchev–Trinajstić information content (AvgIpc) is 2.83. The SMILES string of the molecule is CSc1cc(C)nc(SC)c1NC(=O)CCC1=C(c2ccccc2)c2ccccc2SC1. The van der Waals surface area contributed by atoms with E-state index in [1.807, 2.05) is 43.3 Å². The molecule has 0 fully saturated rings. The van der Waals surface area contributed by atoms with E-state index in [2.05, 4.69) is 58.8 Å². The highest BCUT2D eigenvalue weighted by Crippen LogP contribution is 2.42. The number of nitrogens with one attached hydrogen (secondary N) is 1. The van der Waals surface area contributed by atoms with Crippen molar-refractivity contribution in [1.29, 1.82) is 0 Å². The molecule has 0 aliphatic carbocycles. The first-order chi connectivity index (χ1) is 15.6. The highest BCUT2D eigenvalue weighted by molar-refractivity contribution is 8.00. The van der Waals surface area contributed by atoms with Gasteiger partial charge in [-0.1, -0.05) is 54.1 Å². The number of hydrogen-bond donors (Lipinski definition) is 1. The molecule has 4 rings (SSSR count). The average molecular weight is 479 g/mol. The van der Waals surface area contributed by atoms with Gasteiger partial charge in [0.1, 0.15) is 5.03 Å². The number of anilines is 1. The molecule has 0 radical (unpaired) electrons. The van der Waals surface area contributed by atoms with E-state index in [1.54, 1.807) is 23.5 Å². The molecule has 0 bridgehead atoms. The third-order valence-electron chi connectivity index (χ3n) is 5.38. The standard InChI is InChI=1S/C26H26N2OS3/c1-17-15-22(30-2)25(26(27-17)31-3)28-23(29)14-13-19-16-32-21-12-8-7-11-20(21)24(19)18-9-5-4-6-10-18/h4-12,15H,13-14,16H2,1-3H3,(H,28,29). The van der Waals surface area contributed by atoms with Crippen LogP contribution in [0.25, 0.3) is 5.57 Å². The topological polar surface area (TPSA) is 42.0 Å². The third kappa shape index (κ3) is 5.08. The number of thioether (sulfide) groups is 3. The zero-order chi connectivity index (χ0) is 22.5. The van der Waals surface area contributed by atoms with E-state index in [-0.39, 0.29) is 5.91 Å². The lowest BCUT2D eigenvalue weighted by Crippen LogP contribution is -2.15. The smallest absolute Gasteiger partial charge is 0.224 e. The van der Waals surface area contributed by atoms with E-state index in [0.717, 1.165) is 33.5 Å². The van der Waals surface area contributed by atoms with Crippen LogP contribution in [0.15, 0.2) is 81.1 Å². The Morgan fingerprint density at radius 2 is 1.81 bits per heavy atom. The quantitative estimate of drug-likeness (QED) is 0.365. The van der Waals surface area contributed by atoms with Gasteiger partial charge in [0.05, 0.1) is 5.69 Å². The van der Waals surface area contributed by atoms with Gasteiger partial charge < -0.3 is 5.32 Å². The molecule has 0 saturated heterocycles. The fourth-order valence-corrected chi connectivity index (χ4v) is 6.32. The molecule has 6 heteroatoms. The Hall–Kier alpha value is -2.15. The highest BCUT2D eigenvalue weighted by atomic mass is 32.2. The first-order valence-corrected chi connectivity index (χ1v) is 13.9. The van der Waals surface area contributed by atoms with Crippen molar-refractivity contribution in [2.24, 2.45) is 0 Å². The summed E-state index contributed by atoms with van der Waals surface area (Å²) in [5.41, 5.74) is 6.88. The van der Waals surface area contributed by atoms with Gasteiger partial charge >= 0.3 is 0 Å². The molecule has 32 heavy (non-hydrogen) atoms. The number of aromatic nitrogens is 1. The maximum Gasteiger partial charge on any atom is 0.224 e. The molecule has 0 spiro atoms. The number of carbonyl (C=O) groups excluding carboxylic acids is 1. The van der Waals surface area contributed by atoms with Crippen LogP contribution in [0.4, 0.5) is 5.69 Å². The maximum atomic E-state index is 13.0. The van der Waals surface area contributed by atoms with Crippen LogP contribution in [0.3, 0.4) is 0 Å². The highest BCUT2D eigenvalue weighted by Gasteiger charge is 2.21. The molecular weight excluding hydrogens is 453 g/mol. The minimum absolute atomic E-state index is 0.0324. The summed E-state index contributed by atoms with van der Waals surface area (Å²) in [7, 11) is 0. The van der Waals surface area contributed by atoms with Crippen molar-refractivity contribution in [3.8, 4) is 0 Å². The third-order valence-corrected chi connectivity index (χ3v) is 7.99. The van der Waals surface area contributed by atoms with Crippen LogP contribution in [-0.2, 0) is 4.79 Å². The fourth-order valence-electron chi connectivity index (χ4n) is 3.89. The molecule has 2 heterocycles. The number of nitrogens with zero attached hydrogens (tertiary/aromatic N) is 1. The number of pyridine rings is 1. The Balaban J connectivity index is 1.59. The zero-order valence-corrected chi connectivity index (χ0v) is 20.9. The molecule has 1 amide bonds. The second kappa shape index (κ2) is 10.6. The van der Waals surface area contributed by atoms with Gasteiger partial charge in [-0.15, -0.1) is 35.3 Å². The van der Waals surface area contributed by atoms with Crippen LogP contribution in [0.2, 0.25) is 0 Å². The van der Waals surface area contributed by atoms with Gasteiger partial charge in [-0.3, -0.25) is 4.79 Å². The molecule has 3 aromatic rings. The predicted octanol–water partition coefficient (Wildman–Crippen LogP) is 7.16. The van der Waals surface area contributed by atoms with E-state index in [4.69, 9.17) is 0 Å². The molecule has 164 valence electrons. The summed E-state index contributed by atoms with van der Waals surface area (Å²) in [5, 5.41) is 4.02. The van der Waals surface area contributed by atoms with Crippen molar-refractivity contribution in [2.75, 3.05) is 23.6 Å². The van der Waals surface area contributed by atoms with Crippen molar-refractivity contribution < 1.29 is 4.79 Å². The number of rotatable bonds is 7. The summed E-state index contributed by atoms with van der Waals surface area (Å²) < 4.78 is 0. The van der Waals surface area contributed by atoms with Gasteiger partial charge in [0.15, 0.2) is 0 Å². The normalized spacial score (nSPS) is 13.1. The predicted molar refractivity (Wildman–Crippen MR) is 140 cm³/mol. The van der Waals surface area contributed by atoms with Crippen LogP contribution in [0, 0.1) is 6.92 Å². The Morgan fingerprint density at radius 3 is 2.56 bits per heavy atom. The van der Waals surface area contributed by atoms with Gasteiger partial charge in [0.2, 0.25) is 5.91 Å². The second-order valence-corrected chi connectivity index (χ2v) is 10.2. The van der Waals surface area contributed by atoms with E-state index >= 15 is 0 Å². The minimum Gasteiger partial charge on any atom is -0.323 e. The second-order valence-electron chi connectivity index (χ2n) is 7.53. The van der Waals surface area contributed by atoms with Gasteiger partial charge in [0.25, 0.3) is 0 Å². The summed E-state index contributed by atoms with van der Waals surface area (Å²) in [4.78, 5) is 19.9. The largest absolute Gasteiger partial charge is 0.323 e. The molecule has 1 aliphatic heterocycles. The van der Waals surface area contributed by atoms with Crippen molar-refractivity contribution in [3.63, 3.8) is 0 Å². The molecule has 0 saturated carbocycles. The molecule has 0 unspecified atom stereocenters. The summed E-state index contributed by atoms with van der Waals surface area (Å²) >= 11 is 5.06. The van der Waals surface area contributed by atoms with E-state index in [0.29, 0.717) is 6.42 Å². The Morgan fingerprint density at radius 1 is 1.06 bits per heavy atom. The summed E-state index contributed by atoms with van der Waals surface area (Å²) in [6.45, 7) is 1.99. The first-order valence-electron chi connectivity index (χ1n) is 10.5. The molecule has 2 aromatic carbocycles. The molecule has 3 nitrogen and oxygen atoms in total. The van der Waals surface area contributed by atoms with Gasteiger partial charge in [0, 0.05) is 27.7 Å². The maximum absolute atomic E-state index is 13.0. The number of hydrogen-bond acceptors (Lipinski definition) is 5. The van der Waals surface area contributed by atoms with Gasteiger partial charge in [-0.25, -0.2) is 4.98 Å². The summed E-state index contributed by atoms with van der Waals surface area (Å²) in [5.74, 6) is 0.942. The summed E-state index contributed by atoms with van der Waals surface area (Å²) in [6.07, 6.45) is 5.21. The Labute approximate surface area is 202 Å². The Kier molecular flexibility index (Phi) is 7.66. The number of fused-ring (bicyclic) bond motifs is 1. The molecule has 1 aliphatic rings. The number of aryl methyl sites for hydroxylation is 1. The van der Waals surface area contributed by atoms with E-state index in [9.17, 15) is 4.79 Å². The van der Waals surface area contributed by atoms with Crippen LogP contribution >= 0.6 is 35.3 Å². The van der Waals surface area contributed by atoms with E-state index in [1.165, 1.54) is 27.2 Å². The lowest BCUT2D eigenvalue weighted by atomic mass is 9.91. The monoisotopic (exact) mass is 478 g/mol. The molecular formula is C26H26N2OS3. The summed E-state index contributed by atoms with van der Waals surface area (Å²) in [6, 6.07) is 21.1. The molecule has 1 N–H and O–H groups in total. The van der Waals surface area contributed by atoms with Gasteiger partial charge in [-0.05, 0) is 54.7 Å². The van der Waals surface area contributed by atoms with Gasteiger partial charge in [-0.2, -0.15) is 0 Å². The Bertz CT molecular complexity index is 1130. The number of benzene rings is 2. The molecule has 0 atom stereocenters. The van der Waals surface area contributed by atoms with Crippen LogP contribution in [-0.4, -0.2) is 29.2 Å². The van der Waals surface area contributed by atoms with Crippen molar-refractivity contribution in [1.82, 2.24) is 4.98 Å². The lowest BCUT2D eigenvalue weighted by Gasteiger charge is -2.24. The zero-order valence-electron chi connectivity index (χ0n) is 18.5. The van der Waals surface area contributed by atoms with Crippen LogP contribution < -0.4 is 5.32 Å². The fraction of sp³-hybridized carbons (Fsp3) is 0.231. The van der Waals surface area contributed by atoms with Crippen molar-refractivity contribution in [3.05, 3.63) is 83.1 Å². The first kappa shape index (κ1) is 23.0. The van der Waals surface area contributed by atoms with Crippen LogP contribution in [0.5, 0.6) is 0 Å². The number of amides is 1. The lowest BCUT2D eigenvalue weighted by molar-refractivity contribution is -0.116. The van der Waals surface area contributed by atoms with Crippen LogP contribution in [0.1, 0.15) is 29.7 Å². The molecule has 1 aromatic heterocycles. The minimum atomic E-state index is 0.0324. The van der Waals surface area contributed by atoms with Crippen molar-refractivity contribution in [2.45, 2.75) is 34.6 Å². The van der Waals surface area contributed by atoms with Crippen molar-refractivity contribution >= 4 is 52.5 Å². The van der Waals surface area contributed by atoms with E-state index < -0.39 is 0 Å². The number of carbonyl (C=O) groups is 1.